The second kappa shape index (κ2) is 5.42. The zero-order chi connectivity index (χ0) is 12.4. The van der Waals surface area contributed by atoms with Crippen LogP contribution in [0.15, 0.2) is 12.3 Å². The minimum atomic E-state index is 0.329. The van der Waals surface area contributed by atoms with Gasteiger partial charge in [-0.1, -0.05) is 18.5 Å². The Morgan fingerprint density at radius 3 is 3.12 bits per heavy atom. The lowest BCUT2D eigenvalue weighted by Gasteiger charge is -2.12. The standard InChI is InChI=1S/C11H14ClN3S2/c1-3-17-6-7(2)15-10-9(14-11(15)16)4-8(12)5-13-10/h4-5,7H,3,6H2,1-2H3,(H,14,16). The predicted molar refractivity (Wildman–Crippen MR) is 77.6 cm³/mol. The van der Waals surface area contributed by atoms with Crippen molar-refractivity contribution in [2.45, 2.75) is 19.9 Å². The molecule has 0 radical (unpaired) electrons. The Hall–Kier alpha value is -0.520. The van der Waals surface area contributed by atoms with Gasteiger partial charge in [0.25, 0.3) is 0 Å². The van der Waals surface area contributed by atoms with Gasteiger partial charge in [0.05, 0.1) is 10.5 Å². The van der Waals surface area contributed by atoms with Crippen LogP contribution in [0.3, 0.4) is 0 Å². The molecule has 1 atom stereocenters. The van der Waals surface area contributed by atoms with Gasteiger partial charge in [-0.3, -0.25) is 4.57 Å². The van der Waals surface area contributed by atoms with E-state index in [0.29, 0.717) is 15.8 Å². The number of imidazole rings is 1. The van der Waals surface area contributed by atoms with E-state index in [1.165, 1.54) is 0 Å². The van der Waals surface area contributed by atoms with Crippen LogP contribution in [0.1, 0.15) is 19.9 Å². The number of hydrogen-bond acceptors (Lipinski definition) is 3. The molecule has 2 aromatic heterocycles. The molecule has 0 aromatic carbocycles. The van der Waals surface area contributed by atoms with Crippen molar-refractivity contribution in [2.75, 3.05) is 11.5 Å². The van der Waals surface area contributed by atoms with Gasteiger partial charge in [0.15, 0.2) is 10.4 Å². The maximum atomic E-state index is 5.91. The first-order valence-electron chi connectivity index (χ1n) is 5.47. The summed E-state index contributed by atoms with van der Waals surface area (Å²) in [6.45, 7) is 4.31. The number of aromatic amines is 1. The van der Waals surface area contributed by atoms with E-state index < -0.39 is 0 Å². The molecule has 0 aliphatic carbocycles. The SMILES string of the molecule is CCSCC(C)n1c(=S)[nH]c2cc(Cl)cnc21. The van der Waals surface area contributed by atoms with Gasteiger partial charge in [0.1, 0.15) is 0 Å². The van der Waals surface area contributed by atoms with Crippen LogP contribution in [0.5, 0.6) is 0 Å². The van der Waals surface area contributed by atoms with Crippen molar-refractivity contribution in [1.29, 1.82) is 0 Å². The van der Waals surface area contributed by atoms with E-state index in [-0.39, 0.29) is 0 Å². The van der Waals surface area contributed by atoms with Crippen molar-refractivity contribution in [3.63, 3.8) is 0 Å². The molecule has 0 amide bonds. The maximum absolute atomic E-state index is 5.91. The molecule has 0 saturated carbocycles. The molecule has 2 rings (SSSR count). The summed E-state index contributed by atoms with van der Waals surface area (Å²) in [7, 11) is 0. The van der Waals surface area contributed by atoms with Gasteiger partial charge in [-0.15, -0.1) is 0 Å². The third-order valence-corrected chi connectivity index (χ3v) is 4.16. The summed E-state index contributed by atoms with van der Waals surface area (Å²) in [6, 6.07) is 2.19. The molecule has 92 valence electrons. The molecule has 0 saturated heterocycles. The normalized spacial score (nSPS) is 13.1. The molecule has 0 aliphatic heterocycles. The average molecular weight is 288 g/mol. The zero-order valence-corrected chi connectivity index (χ0v) is 12.1. The van der Waals surface area contributed by atoms with Crippen LogP contribution >= 0.6 is 35.6 Å². The fourth-order valence-corrected chi connectivity index (χ4v) is 3.02. The lowest BCUT2D eigenvalue weighted by Crippen LogP contribution is -2.08. The van der Waals surface area contributed by atoms with Crippen LogP contribution in [0.4, 0.5) is 0 Å². The van der Waals surface area contributed by atoms with E-state index in [0.717, 1.165) is 22.7 Å². The summed E-state index contributed by atoms with van der Waals surface area (Å²) < 4.78 is 2.77. The summed E-state index contributed by atoms with van der Waals surface area (Å²) in [5, 5.41) is 0.622. The zero-order valence-electron chi connectivity index (χ0n) is 9.74. The molecule has 0 aliphatic rings. The fraction of sp³-hybridized carbons (Fsp3) is 0.455. The van der Waals surface area contributed by atoms with E-state index in [4.69, 9.17) is 23.8 Å². The smallest absolute Gasteiger partial charge is 0.179 e. The first-order chi connectivity index (χ1) is 8.13. The van der Waals surface area contributed by atoms with Crippen molar-refractivity contribution in [3.05, 3.63) is 22.1 Å². The highest BCUT2D eigenvalue weighted by atomic mass is 35.5. The number of fused-ring (bicyclic) bond motifs is 1. The number of halogens is 1. The highest BCUT2D eigenvalue weighted by Crippen LogP contribution is 2.22. The minimum absolute atomic E-state index is 0.329. The number of rotatable bonds is 4. The quantitative estimate of drug-likeness (QED) is 0.861. The minimum Gasteiger partial charge on any atom is -0.329 e. The summed E-state index contributed by atoms with van der Waals surface area (Å²) >= 11 is 13.2. The number of nitrogens with one attached hydrogen (secondary N) is 1. The summed E-state index contributed by atoms with van der Waals surface area (Å²) in [4.78, 5) is 7.50. The second-order valence-electron chi connectivity index (χ2n) is 3.83. The van der Waals surface area contributed by atoms with Gasteiger partial charge < -0.3 is 4.98 Å². The van der Waals surface area contributed by atoms with Crippen LogP contribution in [0.25, 0.3) is 11.2 Å². The predicted octanol–water partition coefficient (Wildman–Crippen LogP) is 4.06. The number of hydrogen-bond donors (Lipinski definition) is 1. The molecular weight excluding hydrogens is 274 g/mol. The molecular formula is C11H14ClN3S2. The van der Waals surface area contributed by atoms with Crippen LogP contribution in [-0.4, -0.2) is 26.0 Å². The number of aromatic nitrogens is 3. The number of H-pyrrole nitrogens is 1. The lowest BCUT2D eigenvalue weighted by atomic mass is 10.4. The topological polar surface area (TPSA) is 33.6 Å². The Morgan fingerprint density at radius 1 is 1.65 bits per heavy atom. The molecule has 17 heavy (non-hydrogen) atoms. The van der Waals surface area contributed by atoms with Crippen LogP contribution in [-0.2, 0) is 0 Å². The molecule has 3 nitrogen and oxygen atoms in total. The number of pyridine rings is 1. The Morgan fingerprint density at radius 2 is 2.41 bits per heavy atom. The molecule has 0 spiro atoms. The van der Waals surface area contributed by atoms with Gasteiger partial charge >= 0.3 is 0 Å². The third-order valence-electron chi connectivity index (χ3n) is 2.53. The van der Waals surface area contributed by atoms with Crippen LogP contribution in [0, 0.1) is 4.77 Å². The van der Waals surface area contributed by atoms with Crippen molar-refractivity contribution >= 4 is 46.7 Å². The molecule has 6 heteroatoms. The Labute approximate surface area is 115 Å². The molecule has 1 N–H and O–H groups in total. The maximum Gasteiger partial charge on any atom is 0.179 e. The highest BCUT2D eigenvalue weighted by molar-refractivity contribution is 7.99. The molecule has 2 heterocycles. The van der Waals surface area contributed by atoms with Crippen LogP contribution in [0.2, 0.25) is 5.02 Å². The molecule has 2 aromatic rings. The first-order valence-corrected chi connectivity index (χ1v) is 7.41. The van der Waals surface area contributed by atoms with Gasteiger partial charge in [0, 0.05) is 18.0 Å². The van der Waals surface area contributed by atoms with Gasteiger partial charge in [-0.05, 0) is 31.0 Å². The van der Waals surface area contributed by atoms with Gasteiger partial charge in [0.2, 0.25) is 0 Å². The Bertz CT molecular complexity index is 576. The number of thioether (sulfide) groups is 1. The monoisotopic (exact) mass is 287 g/mol. The largest absolute Gasteiger partial charge is 0.329 e. The first kappa shape index (κ1) is 12.9. The van der Waals surface area contributed by atoms with Crippen molar-refractivity contribution in [1.82, 2.24) is 14.5 Å². The lowest BCUT2D eigenvalue weighted by molar-refractivity contribution is 0.614. The van der Waals surface area contributed by atoms with Crippen molar-refractivity contribution in [3.8, 4) is 0 Å². The van der Waals surface area contributed by atoms with Gasteiger partial charge in [-0.25, -0.2) is 4.98 Å². The van der Waals surface area contributed by atoms with Crippen molar-refractivity contribution < 1.29 is 0 Å². The van der Waals surface area contributed by atoms with E-state index in [2.05, 4.69) is 28.4 Å². The Kier molecular flexibility index (Phi) is 4.12. The van der Waals surface area contributed by atoms with E-state index >= 15 is 0 Å². The molecule has 1 unspecified atom stereocenters. The van der Waals surface area contributed by atoms with E-state index in [1.807, 2.05) is 17.8 Å². The fourth-order valence-electron chi connectivity index (χ4n) is 1.76. The van der Waals surface area contributed by atoms with Crippen LogP contribution < -0.4 is 0 Å². The second-order valence-corrected chi connectivity index (χ2v) is 5.98. The Balaban J connectivity index is 2.46. The summed E-state index contributed by atoms with van der Waals surface area (Å²) in [5.41, 5.74) is 1.78. The van der Waals surface area contributed by atoms with Crippen molar-refractivity contribution in [2.24, 2.45) is 0 Å². The third kappa shape index (κ3) is 2.67. The molecule has 0 bridgehead atoms. The van der Waals surface area contributed by atoms with E-state index in [9.17, 15) is 0 Å². The average Bonchev–Trinajstić information content (AvgIpc) is 2.61. The highest BCUT2D eigenvalue weighted by Gasteiger charge is 2.12. The number of nitrogens with zero attached hydrogens (tertiary/aromatic N) is 2. The van der Waals surface area contributed by atoms with Gasteiger partial charge in [-0.2, -0.15) is 11.8 Å². The molecule has 0 fully saturated rings. The summed E-state index contributed by atoms with van der Waals surface area (Å²) in [5.74, 6) is 2.14. The summed E-state index contributed by atoms with van der Waals surface area (Å²) in [6.07, 6.45) is 1.66. The van der Waals surface area contributed by atoms with E-state index in [1.54, 1.807) is 6.20 Å².